The lowest BCUT2D eigenvalue weighted by molar-refractivity contribution is 0.207. The molecule has 2 nitrogen and oxygen atoms in total. The molecule has 0 bridgehead atoms. The number of aromatic nitrogens is 1. The molecule has 1 aromatic heterocycles. The van der Waals surface area contributed by atoms with E-state index in [0.29, 0.717) is 0 Å². The summed E-state index contributed by atoms with van der Waals surface area (Å²) in [5, 5.41) is 10.2. The number of nitrogens with zero attached hydrogens (tertiary/aromatic N) is 1. The van der Waals surface area contributed by atoms with Gasteiger partial charge < -0.3 is 5.11 Å². The van der Waals surface area contributed by atoms with Crippen LogP contribution in [0.15, 0.2) is 30.1 Å². The molecule has 2 heteroatoms. The van der Waals surface area contributed by atoms with E-state index in [1.54, 1.807) is 12.4 Å². The van der Waals surface area contributed by atoms with Crippen molar-refractivity contribution in [2.75, 3.05) is 0 Å². The molecule has 1 aromatic rings. The lowest BCUT2D eigenvalue weighted by Crippen LogP contribution is -2.06. The molecule has 0 radical (unpaired) electrons. The van der Waals surface area contributed by atoms with Crippen molar-refractivity contribution in [1.29, 1.82) is 0 Å². The van der Waals surface area contributed by atoms with Gasteiger partial charge in [0.25, 0.3) is 0 Å². The third-order valence-electron chi connectivity index (χ3n) is 3.05. The van der Waals surface area contributed by atoms with E-state index < -0.39 is 6.10 Å². The van der Waals surface area contributed by atoms with E-state index in [1.807, 2.05) is 13.0 Å². The van der Waals surface area contributed by atoms with Crippen molar-refractivity contribution >= 4 is 0 Å². The van der Waals surface area contributed by atoms with Crippen molar-refractivity contribution in [3.8, 4) is 0 Å². The van der Waals surface area contributed by atoms with Crippen LogP contribution in [0.25, 0.3) is 0 Å². The Labute approximate surface area is 90.7 Å². The zero-order chi connectivity index (χ0) is 10.7. The maximum Gasteiger partial charge on any atom is 0.102 e. The van der Waals surface area contributed by atoms with Crippen LogP contribution in [0.1, 0.15) is 42.9 Å². The molecule has 1 heterocycles. The minimum atomic E-state index is -0.445. The van der Waals surface area contributed by atoms with Crippen LogP contribution in [-0.4, -0.2) is 10.1 Å². The summed E-state index contributed by atoms with van der Waals surface area (Å²) in [4.78, 5) is 4.07. The van der Waals surface area contributed by atoms with E-state index in [0.717, 1.165) is 29.5 Å². The van der Waals surface area contributed by atoms with Gasteiger partial charge in [-0.1, -0.05) is 6.08 Å². The molecule has 1 atom stereocenters. The van der Waals surface area contributed by atoms with Crippen LogP contribution in [0.2, 0.25) is 0 Å². The second-order valence-electron chi connectivity index (χ2n) is 4.16. The summed E-state index contributed by atoms with van der Waals surface area (Å²) < 4.78 is 0. The van der Waals surface area contributed by atoms with Gasteiger partial charge in [0.1, 0.15) is 6.10 Å². The first-order valence-corrected chi connectivity index (χ1v) is 5.56. The normalized spacial score (nSPS) is 18.4. The van der Waals surface area contributed by atoms with Crippen molar-refractivity contribution in [3.05, 3.63) is 41.2 Å². The number of pyridine rings is 1. The average molecular weight is 203 g/mol. The summed E-state index contributed by atoms with van der Waals surface area (Å²) in [6.45, 7) is 2.02. The van der Waals surface area contributed by atoms with Gasteiger partial charge in [-0.2, -0.15) is 0 Å². The van der Waals surface area contributed by atoms with Crippen LogP contribution in [0.4, 0.5) is 0 Å². The van der Waals surface area contributed by atoms with E-state index in [9.17, 15) is 5.11 Å². The first-order chi connectivity index (χ1) is 7.29. The fraction of sp³-hybridized carbons (Fsp3) is 0.462. The monoisotopic (exact) mass is 203 g/mol. The molecule has 0 spiro atoms. The molecule has 80 valence electrons. The van der Waals surface area contributed by atoms with Crippen LogP contribution >= 0.6 is 0 Å². The number of allylic oxidation sites excluding steroid dienone is 1. The Morgan fingerprint density at radius 3 is 2.93 bits per heavy atom. The molecule has 0 aromatic carbocycles. The average Bonchev–Trinajstić information content (AvgIpc) is 2.30. The molecule has 0 amide bonds. The highest BCUT2D eigenvalue weighted by atomic mass is 16.3. The summed E-state index contributed by atoms with van der Waals surface area (Å²) in [7, 11) is 0. The first kappa shape index (κ1) is 10.4. The fourth-order valence-electron chi connectivity index (χ4n) is 2.07. The Morgan fingerprint density at radius 1 is 1.40 bits per heavy atom. The number of rotatable bonds is 2. The molecular formula is C13H17NO. The van der Waals surface area contributed by atoms with Gasteiger partial charge in [0.15, 0.2) is 0 Å². The van der Waals surface area contributed by atoms with Crippen LogP contribution in [0.3, 0.4) is 0 Å². The molecule has 1 unspecified atom stereocenters. The molecule has 0 saturated carbocycles. The molecule has 0 aliphatic heterocycles. The molecule has 1 aliphatic rings. The molecule has 2 rings (SSSR count). The van der Waals surface area contributed by atoms with Crippen molar-refractivity contribution in [3.63, 3.8) is 0 Å². The maximum absolute atomic E-state index is 10.2. The third-order valence-corrected chi connectivity index (χ3v) is 3.05. The lowest BCUT2D eigenvalue weighted by atomic mass is 9.91. The quantitative estimate of drug-likeness (QED) is 0.750. The number of aliphatic hydroxyl groups excluding tert-OH is 1. The van der Waals surface area contributed by atoms with Gasteiger partial charge in [-0.15, -0.1) is 0 Å². The molecule has 1 aliphatic carbocycles. The smallest absolute Gasteiger partial charge is 0.102 e. The van der Waals surface area contributed by atoms with Crippen LogP contribution in [0, 0.1) is 6.92 Å². The summed E-state index contributed by atoms with van der Waals surface area (Å²) >= 11 is 0. The molecule has 0 saturated heterocycles. The Balaban J connectivity index is 2.23. The minimum absolute atomic E-state index is 0.445. The van der Waals surface area contributed by atoms with Gasteiger partial charge in [-0.3, -0.25) is 4.98 Å². The highest BCUT2D eigenvalue weighted by Crippen LogP contribution is 2.30. The highest BCUT2D eigenvalue weighted by Gasteiger charge is 2.16. The van der Waals surface area contributed by atoms with E-state index in [1.165, 1.54) is 12.8 Å². The van der Waals surface area contributed by atoms with Crippen molar-refractivity contribution in [2.45, 2.75) is 38.7 Å². The fourth-order valence-corrected chi connectivity index (χ4v) is 2.07. The van der Waals surface area contributed by atoms with E-state index in [4.69, 9.17) is 0 Å². The van der Waals surface area contributed by atoms with E-state index in [-0.39, 0.29) is 0 Å². The van der Waals surface area contributed by atoms with Gasteiger partial charge >= 0.3 is 0 Å². The summed E-state index contributed by atoms with van der Waals surface area (Å²) in [6, 6.07) is 1.95. The zero-order valence-electron chi connectivity index (χ0n) is 9.11. The summed E-state index contributed by atoms with van der Waals surface area (Å²) in [5.41, 5.74) is 3.23. The molecule has 15 heavy (non-hydrogen) atoms. The van der Waals surface area contributed by atoms with Crippen LogP contribution in [-0.2, 0) is 0 Å². The first-order valence-electron chi connectivity index (χ1n) is 5.56. The Bertz CT molecular complexity index is 371. The van der Waals surface area contributed by atoms with Gasteiger partial charge in [0, 0.05) is 18.0 Å². The molecule has 0 fully saturated rings. The summed E-state index contributed by atoms with van der Waals surface area (Å²) in [6.07, 6.45) is 9.85. The van der Waals surface area contributed by atoms with Crippen molar-refractivity contribution < 1.29 is 5.11 Å². The third kappa shape index (κ3) is 2.26. The predicted molar refractivity (Wildman–Crippen MR) is 60.5 cm³/mol. The van der Waals surface area contributed by atoms with E-state index in [2.05, 4.69) is 11.1 Å². The highest BCUT2D eigenvalue weighted by molar-refractivity contribution is 5.30. The SMILES string of the molecule is Cc1ccncc1C(O)C1=CCCCC1. The molecular weight excluding hydrogens is 186 g/mol. The molecule has 1 N–H and O–H groups in total. The number of hydrogen-bond acceptors (Lipinski definition) is 2. The van der Waals surface area contributed by atoms with E-state index >= 15 is 0 Å². The topological polar surface area (TPSA) is 33.1 Å². The Kier molecular flexibility index (Phi) is 3.17. The Hall–Kier alpha value is -1.15. The lowest BCUT2D eigenvalue weighted by Gasteiger charge is -2.19. The van der Waals surface area contributed by atoms with Gasteiger partial charge in [0.05, 0.1) is 0 Å². The standard InChI is InChI=1S/C13H17NO/c1-10-7-8-14-9-12(10)13(15)11-5-3-2-4-6-11/h5,7-9,13,15H,2-4,6H2,1H3. The van der Waals surface area contributed by atoms with Gasteiger partial charge in [-0.05, 0) is 49.8 Å². The largest absolute Gasteiger partial charge is 0.384 e. The van der Waals surface area contributed by atoms with Crippen molar-refractivity contribution in [1.82, 2.24) is 4.98 Å². The van der Waals surface area contributed by atoms with Crippen LogP contribution < -0.4 is 0 Å². The predicted octanol–water partition coefficient (Wildman–Crippen LogP) is 2.92. The van der Waals surface area contributed by atoms with Crippen LogP contribution in [0.5, 0.6) is 0 Å². The second-order valence-corrected chi connectivity index (χ2v) is 4.16. The Morgan fingerprint density at radius 2 is 2.27 bits per heavy atom. The van der Waals surface area contributed by atoms with Gasteiger partial charge in [-0.25, -0.2) is 0 Å². The summed E-state index contributed by atoms with van der Waals surface area (Å²) in [5.74, 6) is 0. The second kappa shape index (κ2) is 4.58. The van der Waals surface area contributed by atoms with Gasteiger partial charge in [0.2, 0.25) is 0 Å². The zero-order valence-corrected chi connectivity index (χ0v) is 9.11. The number of aliphatic hydroxyl groups is 1. The number of hydrogen-bond donors (Lipinski definition) is 1. The maximum atomic E-state index is 10.2. The minimum Gasteiger partial charge on any atom is -0.384 e. The number of aryl methyl sites for hydroxylation is 1. The van der Waals surface area contributed by atoms with Crippen molar-refractivity contribution in [2.24, 2.45) is 0 Å².